The van der Waals surface area contributed by atoms with Gasteiger partial charge in [0, 0.05) is 11.6 Å². The van der Waals surface area contributed by atoms with Gasteiger partial charge in [-0.25, -0.2) is 4.99 Å². The van der Waals surface area contributed by atoms with Crippen LogP contribution in [0.4, 0.5) is 0 Å². The average molecular weight is 230 g/mol. The molecule has 2 aliphatic heterocycles. The second-order valence-electron chi connectivity index (χ2n) is 4.66. The molecule has 0 aromatic heterocycles. The first kappa shape index (κ1) is 10.8. The molecule has 90 valence electrons. The van der Waals surface area contributed by atoms with Gasteiger partial charge in [-0.15, -0.1) is 0 Å². The van der Waals surface area contributed by atoms with Crippen molar-refractivity contribution in [3.63, 3.8) is 0 Å². The topological polar surface area (TPSA) is 33.6 Å². The van der Waals surface area contributed by atoms with Crippen LogP contribution in [0.5, 0.6) is 0 Å². The first-order chi connectivity index (χ1) is 8.43. The molecule has 1 N–H and O–H groups in total. The van der Waals surface area contributed by atoms with Crippen molar-refractivity contribution in [2.24, 2.45) is 4.99 Å². The van der Waals surface area contributed by atoms with E-state index in [2.05, 4.69) is 34.6 Å². The van der Waals surface area contributed by atoms with E-state index < -0.39 is 0 Å². The molecule has 3 heteroatoms. The van der Waals surface area contributed by atoms with Crippen LogP contribution in [-0.2, 0) is 4.74 Å². The Hall–Kier alpha value is -1.35. The van der Waals surface area contributed by atoms with Gasteiger partial charge in [0.05, 0.1) is 6.54 Å². The van der Waals surface area contributed by atoms with Crippen LogP contribution in [0.25, 0.3) is 0 Å². The molecule has 0 amide bonds. The first-order valence-electron chi connectivity index (χ1n) is 6.44. The van der Waals surface area contributed by atoms with Crippen molar-refractivity contribution in [1.82, 2.24) is 5.32 Å². The summed E-state index contributed by atoms with van der Waals surface area (Å²) in [7, 11) is 0. The number of benzene rings is 1. The summed E-state index contributed by atoms with van der Waals surface area (Å²) in [5.41, 5.74) is 2.48. The van der Waals surface area contributed by atoms with E-state index in [1.807, 2.05) is 0 Å². The van der Waals surface area contributed by atoms with Crippen molar-refractivity contribution in [1.29, 1.82) is 0 Å². The molecule has 3 rings (SSSR count). The highest BCUT2D eigenvalue weighted by Gasteiger charge is 2.16. The standard InChI is InChI=1S/C14H18N2O/c1-2-7-15-13(6-1)11-4-3-5-12(10-11)14-16-8-9-17-14/h3-5,10,13,15H,1-2,6-9H2. The number of piperidine rings is 1. The number of ether oxygens (including phenoxy) is 1. The van der Waals surface area contributed by atoms with Crippen LogP contribution < -0.4 is 5.32 Å². The smallest absolute Gasteiger partial charge is 0.216 e. The van der Waals surface area contributed by atoms with Gasteiger partial charge in [0.15, 0.2) is 0 Å². The monoisotopic (exact) mass is 230 g/mol. The third-order valence-electron chi connectivity index (χ3n) is 3.43. The van der Waals surface area contributed by atoms with Crippen molar-refractivity contribution < 1.29 is 4.74 Å². The van der Waals surface area contributed by atoms with Gasteiger partial charge in [0.25, 0.3) is 0 Å². The van der Waals surface area contributed by atoms with Gasteiger partial charge in [0.1, 0.15) is 6.61 Å². The van der Waals surface area contributed by atoms with Crippen molar-refractivity contribution in [3.8, 4) is 0 Å². The van der Waals surface area contributed by atoms with Crippen LogP contribution in [0.15, 0.2) is 29.3 Å². The number of aliphatic imine (C=N–C) groups is 1. The predicted octanol–water partition coefficient (Wildman–Crippen LogP) is 2.28. The molecule has 0 saturated carbocycles. The van der Waals surface area contributed by atoms with E-state index >= 15 is 0 Å². The molecule has 0 bridgehead atoms. The summed E-state index contributed by atoms with van der Waals surface area (Å²) in [5, 5.41) is 3.57. The lowest BCUT2D eigenvalue weighted by Crippen LogP contribution is -2.26. The van der Waals surface area contributed by atoms with E-state index in [1.165, 1.54) is 24.8 Å². The highest BCUT2D eigenvalue weighted by molar-refractivity contribution is 5.95. The summed E-state index contributed by atoms with van der Waals surface area (Å²) in [6.07, 6.45) is 3.85. The lowest BCUT2D eigenvalue weighted by molar-refractivity contribution is 0.348. The Bertz CT molecular complexity index is 422. The third-order valence-corrected chi connectivity index (χ3v) is 3.43. The van der Waals surface area contributed by atoms with Gasteiger partial charge in [0.2, 0.25) is 5.90 Å². The maximum Gasteiger partial charge on any atom is 0.216 e. The largest absolute Gasteiger partial charge is 0.476 e. The minimum Gasteiger partial charge on any atom is -0.476 e. The van der Waals surface area contributed by atoms with E-state index in [0.29, 0.717) is 6.04 Å². The first-order valence-corrected chi connectivity index (χ1v) is 6.44. The maximum atomic E-state index is 5.51. The second-order valence-corrected chi connectivity index (χ2v) is 4.66. The molecule has 1 atom stereocenters. The van der Waals surface area contributed by atoms with E-state index in [9.17, 15) is 0 Å². The van der Waals surface area contributed by atoms with Crippen molar-refractivity contribution >= 4 is 5.90 Å². The highest BCUT2D eigenvalue weighted by atomic mass is 16.5. The molecule has 1 unspecified atom stereocenters. The molecule has 1 saturated heterocycles. The molecule has 2 aliphatic rings. The SMILES string of the molecule is c1cc(C2=NCCO2)cc(C2CCCCN2)c1. The normalized spacial score (nSPS) is 24.2. The quantitative estimate of drug-likeness (QED) is 0.845. The summed E-state index contributed by atoms with van der Waals surface area (Å²) in [4.78, 5) is 4.37. The fraction of sp³-hybridized carbons (Fsp3) is 0.500. The Labute approximate surface area is 102 Å². The minimum atomic E-state index is 0.505. The Morgan fingerprint density at radius 3 is 3.06 bits per heavy atom. The van der Waals surface area contributed by atoms with Gasteiger partial charge < -0.3 is 10.1 Å². The molecule has 1 fully saturated rings. The van der Waals surface area contributed by atoms with Crippen LogP contribution >= 0.6 is 0 Å². The van der Waals surface area contributed by atoms with Gasteiger partial charge in [-0.3, -0.25) is 0 Å². The molecular weight excluding hydrogens is 212 g/mol. The predicted molar refractivity (Wildman–Crippen MR) is 68.4 cm³/mol. The number of nitrogens with one attached hydrogen (secondary N) is 1. The van der Waals surface area contributed by atoms with E-state index in [4.69, 9.17) is 4.74 Å². The Kier molecular flexibility index (Phi) is 3.10. The number of hydrogen-bond acceptors (Lipinski definition) is 3. The molecule has 0 radical (unpaired) electrons. The fourth-order valence-corrected chi connectivity index (χ4v) is 2.53. The van der Waals surface area contributed by atoms with Crippen molar-refractivity contribution in [3.05, 3.63) is 35.4 Å². The molecule has 3 nitrogen and oxygen atoms in total. The van der Waals surface area contributed by atoms with Crippen molar-refractivity contribution in [2.45, 2.75) is 25.3 Å². The third kappa shape index (κ3) is 2.34. The summed E-state index contributed by atoms with van der Waals surface area (Å²) in [5.74, 6) is 0.808. The molecule has 0 spiro atoms. The fourth-order valence-electron chi connectivity index (χ4n) is 2.53. The van der Waals surface area contributed by atoms with Gasteiger partial charge in [-0.1, -0.05) is 18.6 Å². The van der Waals surface area contributed by atoms with E-state index in [0.717, 1.165) is 31.2 Å². The minimum absolute atomic E-state index is 0.505. The summed E-state index contributed by atoms with van der Waals surface area (Å²) in [6, 6.07) is 9.10. The van der Waals surface area contributed by atoms with Crippen LogP contribution in [0.1, 0.15) is 36.4 Å². The second kappa shape index (κ2) is 4.88. The molecular formula is C14H18N2O. The maximum absolute atomic E-state index is 5.51. The Morgan fingerprint density at radius 2 is 2.29 bits per heavy atom. The van der Waals surface area contributed by atoms with Gasteiger partial charge in [-0.2, -0.15) is 0 Å². The van der Waals surface area contributed by atoms with Crippen LogP contribution in [0, 0.1) is 0 Å². The Morgan fingerprint density at radius 1 is 1.29 bits per heavy atom. The van der Waals surface area contributed by atoms with Gasteiger partial charge in [-0.05, 0) is 37.1 Å². The summed E-state index contributed by atoms with van der Waals surface area (Å²) in [6.45, 7) is 2.65. The zero-order chi connectivity index (χ0) is 11.5. The molecule has 1 aromatic rings. The average Bonchev–Trinajstić information content (AvgIpc) is 2.94. The zero-order valence-electron chi connectivity index (χ0n) is 9.98. The van der Waals surface area contributed by atoms with Crippen LogP contribution in [0.2, 0.25) is 0 Å². The molecule has 1 aromatic carbocycles. The zero-order valence-corrected chi connectivity index (χ0v) is 9.98. The van der Waals surface area contributed by atoms with Crippen molar-refractivity contribution in [2.75, 3.05) is 19.7 Å². The Balaban J connectivity index is 1.82. The molecule has 0 aliphatic carbocycles. The summed E-state index contributed by atoms with van der Waals surface area (Å²) >= 11 is 0. The molecule has 17 heavy (non-hydrogen) atoms. The van der Waals surface area contributed by atoms with Crippen LogP contribution in [0.3, 0.4) is 0 Å². The lowest BCUT2D eigenvalue weighted by atomic mass is 9.96. The van der Waals surface area contributed by atoms with Crippen LogP contribution in [-0.4, -0.2) is 25.6 Å². The number of nitrogens with zero attached hydrogens (tertiary/aromatic N) is 1. The highest BCUT2D eigenvalue weighted by Crippen LogP contribution is 2.24. The lowest BCUT2D eigenvalue weighted by Gasteiger charge is -2.24. The van der Waals surface area contributed by atoms with Gasteiger partial charge >= 0.3 is 0 Å². The number of rotatable bonds is 2. The molecule has 2 heterocycles. The van der Waals surface area contributed by atoms with E-state index in [-0.39, 0.29) is 0 Å². The summed E-state index contributed by atoms with van der Waals surface area (Å²) < 4.78 is 5.51. The van der Waals surface area contributed by atoms with E-state index in [1.54, 1.807) is 0 Å². The number of hydrogen-bond donors (Lipinski definition) is 1.